The first kappa shape index (κ1) is 10.8. The topological polar surface area (TPSA) is 32.0 Å². The summed E-state index contributed by atoms with van der Waals surface area (Å²) in [4.78, 5) is 2.35. The van der Waals surface area contributed by atoms with Gasteiger partial charge in [0.25, 0.3) is 0 Å². The van der Waals surface area contributed by atoms with Crippen molar-refractivity contribution >= 4 is 0 Å². The van der Waals surface area contributed by atoms with Gasteiger partial charge >= 0.3 is 0 Å². The second-order valence-corrected chi connectivity index (χ2v) is 3.23. The molecule has 1 aromatic rings. The first-order valence-electron chi connectivity index (χ1n) is 5.09. The van der Waals surface area contributed by atoms with Crippen molar-refractivity contribution < 1.29 is 0 Å². The summed E-state index contributed by atoms with van der Waals surface area (Å²) in [5.41, 5.74) is 0.747. The van der Waals surface area contributed by atoms with Crippen molar-refractivity contribution in [2.75, 3.05) is 19.6 Å². The first-order valence-corrected chi connectivity index (χ1v) is 5.09. The molecule has 0 amide bonds. The van der Waals surface area contributed by atoms with Gasteiger partial charge < -0.3 is 9.47 Å². The lowest BCUT2D eigenvalue weighted by Crippen LogP contribution is -2.27. The number of rotatable bonds is 5. The number of aromatic nitrogens is 1. The second-order valence-electron chi connectivity index (χ2n) is 3.23. The van der Waals surface area contributed by atoms with Crippen molar-refractivity contribution in [2.24, 2.45) is 0 Å². The molecule has 76 valence electrons. The lowest BCUT2D eigenvalue weighted by molar-refractivity contribution is 0.290. The summed E-state index contributed by atoms with van der Waals surface area (Å²) in [6.45, 7) is 8.36. The van der Waals surface area contributed by atoms with E-state index in [2.05, 4.69) is 24.8 Å². The lowest BCUT2D eigenvalue weighted by Gasteiger charge is -2.18. The number of nitriles is 1. The van der Waals surface area contributed by atoms with Crippen LogP contribution in [0.2, 0.25) is 0 Å². The van der Waals surface area contributed by atoms with E-state index < -0.39 is 0 Å². The molecule has 0 fully saturated rings. The summed E-state index contributed by atoms with van der Waals surface area (Å²) < 4.78 is 2.00. The highest BCUT2D eigenvalue weighted by molar-refractivity contribution is 5.21. The monoisotopic (exact) mass is 191 g/mol. The summed E-state index contributed by atoms with van der Waals surface area (Å²) in [5.74, 6) is 0. The molecule has 3 heteroatoms. The normalized spacial score (nSPS) is 10.4. The molecule has 1 aromatic heterocycles. The highest BCUT2D eigenvalue weighted by Crippen LogP contribution is 2.00. The van der Waals surface area contributed by atoms with Gasteiger partial charge in [0.05, 0.1) is 0 Å². The van der Waals surface area contributed by atoms with Crippen LogP contribution in [0.4, 0.5) is 0 Å². The largest absolute Gasteiger partial charge is 0.338 e. The highest BCUT2D eigenvalue weighted by Gasteiger charge is 2.01. The van der Waals surface area contributed by atoms with Gasteiger partial charge in [-0.25, -0.2) is 0 Å². The fourth-order valence-corrected chi connectivity index (χ4v) is 1.50. The molecule has 3 nitrogen and oxygen atoms in total. The molecule has 14 heavy (non-hydrogen) atoms. The summed E-state index contributed by atoms with van der Waals surface area (Å²) in [7, 11) is 0. The van der Waals surface area contributed by atoms with Gasteiger partial charge in [-0.1, -0.05) is 13.8 Å². The average Bonchev–Trinajstić information content (AvgIpc) is 2.67. The third-order valence-electron chi connectivity index (χ3n) is 2.50. The Hall–Kier alpha value is -1.27. The maximum Gasteiger partial charge on any atom is 0.120 e. The Balaban J connectivity index is 2.49. The van der Waals surface area contributed by atoms with Gasteiger partial charge in [0.2, 0.25) is 0 Å². The van der Waals surface area contributed by atoms with E-state index in [0.717, 1.165) is 31.9 Å². The van der Waals surface area contributed by atoms with Gasteiger partial charge in [0, 0.05) is 19.3 Å². The first-order chi connectivity index (χ1) is 6.81. The molecule has 0 spiro atoms. The van der Waals surface area contributed by atoms with Crippen molar-refractivity contribution in [2.45, 2.75) is 20.4 Å². The minimum absolute atomic E-state index is 0.747. The third-order valence-corrected chi connectivity index (χ3v) is 2.50. The Morgan fingerprint density at radius 1 is 1.43 bits per heavy atom. The molecule has 0 radical (unpaired) electrons. The number of likely N-dealkylation sites (N-methyl/N-ethyl adjacent to an activating group) is 1. The minimum atomic E-state index is 0.747. The van der Waals surface area contributed by atoms with E-state index in [4.69, 9.17) is 5.26 Å². The number of hydrogen-bond donors (Lipinski definition) is 0. The Morgan fingerprint density at radius 2 is 2.14 bits per heavy atom. The van der Waals surface area contributed by atoms with E-state index in [1.807, 2.05) is 22.9 Å². The molecule has 0 aromatic carbocycles. The lowest BCUT2D eigenvalue weighted by atomic mass is 10.4. The molecule has 1 heterocycles. The molecule has 1 rings (SSSR count). The van der Waals surface area contributed by atoms with Crippen molar-refractivity contribution in [3.63, 3.8) is 0 Å². The fraction of sp³-hybridized carbons (Fsp3) is 0.545. The van der Waals surface area contributed by atoms with Crippen LogP contribution in [-0.2, 0) is 6.54 Å². The van der Waals surface area contributed by atoms with E-state index >= 15 is 0 Å². The minimum Gasteiger partial charge on any atom is -0.338 e. The zero-order valence-corrected chi connectivity index (χ0v) is 8.90. The van der Waals surface area contributed by atoms with Crippen LogP contribution in [0.5, 0.6) is 0 Å². The number of nitrogens with zero attached hydrogens (tertiary/aromatic N) is 3. The zero-order chi connectivity index (χ0) is 10.4. The third kappa shape index (κ3) is 2.61. The number of hydrogen-bond acceptors (Lipinski definition) is 2. The molecule has 0 saturated carbocycles. The molecule has 0 saturated heterocycles. The van der Waals surface area contributed by atoms with Crippen LogP contribution in [0.3, 0.4) is 0 Å². The van der Waals surface area contributed by atoms with Gasteiger partial charge in [0.15, 0.2) is 0 Å². The van der Waals surface area contributed by atoms with Gasteiger partial charge in [0.1, 0.15) is 11.8 Å². The summed E-state index contributed by atoms with van der Waals surface area (Å²) in [6, 6.07) is 5.95. The van der Waals surface area contributed by atoms with Gasteiger partial charge in [-0.15, -0.1) is 0 Å². The SMILES string of the molecule is CCN(CC)CCn1cccc1C#N. The second kappa shape index (κ2) is 5.46. The molecule has 0 aliphatic heterocycles. The predicted octanol–water partition coefficient (Wildman–Crippen LogP) is 1.70. The maximum atomic E-state index is 8.80. The van der Waals surface area contributed by atoms with Gasteiger partial charge in [-0.05, 0) is 25.2 Å². The van der Waals surface area contributed by atoms with Gasteiger partial charge in [-0.2, -0.15) is 5.26 Å². The van der Waals surface area contributed by atoms with Crippen molar-refractivity contribution in [1.29, 1.82) is 5.26 Å². The standard InChI is InChI=1S/C11H17N3/c1-3-13(4-2)8-9-14-7-5-6-11(14)10-12/h5-7H,3-4,8-9H2,1-2H3. The van der Waals surface area contributed by atoms with E-state index in [9.17, 15) is 0 Å². The summed E-state index contributed by atoms with van der Waals surface area (Å²) >= 11 is 0. The van der Waals surface area contributed by atoms with Crippen molar-refractivity contribution in [1.82, 2.24) is 9.47 Å². The Labute approximate surface area is 85.6 Å². The van der Waals surface area contributed by atoms with E-state index in [-0.39, 0.29) is 0 Å². The summed E-state index contributed by atoms with van der Waals surface area (Å²) in [6.07, 6.45) is 1.96. The highest BCUT2D eigenvalue weighted by atomic mass is 15.1. The Kier molecular flexibility index (Phi) is 4.21. The molecule has 0 aliphatic carbocycles. The quantitative estimate of drug-likeness (QED) is 0.709. The van der Waals surface area contributed by atoms with Crippen LogP contribution < -0.4 is 0 Å². The van der Waals surface area contributed by atoms with E-state index in [0.29, 0.717) is 0 Å². The van der Waals surface area contributed by atoms with Crippen LogP contribution in [0, 0.1) is 11.3 Å². The van der Waals surface area contributed by atoms with Gasteiger partial charge in [-0.3, -0.25) is 0 Å². The molecule has 0 aliphatic rings. The van der Waals surface area contributed by atoms with Crippen LogP contribution >= 0.6 is 0 Å². The van der Waals surface area contributed by atoms with Crippen molar-refractivity contribution in [3.8, 4) is 6.07 Å². The van der Waals surface area contributed by atoms with Crippen LogP contribution in [0.1, 0.15) is 19.5 Å². The molecule has 0 atom stereocenters. The molecular weight excluding hydrogens is 174 g/mol. The smallest absolute Gasteiger partial charge is 0.120 e. The molecule has 0 unspecified atom stereocenters. The molecular formula is C11H17N3. The predicted molar refractivity (Wildman–Crippen MR) is 56.9 cm³/mol. The summed E-state index contributed by atoms with van der Waals surface area (Å²) in [5, 5.41) is 8.80. The van der Waals surface area contributed by atoms with E-state index in [1.54, 1.807) is 0 Å². The average molecular weight is 191 g/mol. The van der Waals surface area contributed by atoms with E-state index in [1.165, 1.54) is 0 Å². The maximum absolute atomic E-state index is 8.80. The van der Waals surface area contributed by atoms with Crippen LogP contribution in [0.15, 0.2) is 18.3 Å². The zero-order valence-electron chi connectivity index (χ0n) is 8.90. The fourth-order valence-electron chi connectivity index (χ4n) is 1.50. The van der Waals surface area contributed by atoms with Crippen molar-refractivity contribution in [3.05, 3.63) is 24.0 Å². The molecule has 0 N–H and O–H groups in total. The van der Waals surface area contributed by atoms with Crippen LogP contribution in [-0.4, -0.2) is 29.1 Å². The Morgan fingerprint density at radius 3 is 2.71 bits per heavy atom. The van der Waals surface area contributed by atoms with Crippen LogP contribution in [0.25, 0.3) is 0 Å². The Bertz CT molecular complexity index is 305. The molecule has 0 bridgehead atoms.